The number of aromatic nitrogens is 1. The van der Waals surface area contributed by atoms with Crippen LogP contribution in [0, 0.1) is 10.1 Å². The third-order valence-electron chi connectivity index (χ3n) is 4.04. The number of nitrogens with zero attached hydrogens (tertiary/aromatic N) is 2. The first-order chi connectivity index (χ1) is 13.3. The van der Waals surface area contributed by atoms with Crippen LogP contribution in [0.2, 0.25) is 5.15 Å². The number of pyridine rings is 1. The third-order valence-corrected chi connectivity index (χ3v) is 4.34. The Morgan fingerprint density at radius 1 is 1.32 bits per heavy atom. The monoisotopic (exact) mass is 404 g/mol. The molecule has 10 heteroatoms. The lowest BCUT2D eigenvalue weighted by Crippen LogP contribution is -2.30. The fourth-order valence-electron chi connectivity index (χ4n) is 2.38. The van der Waals surface area contributed by atoms with Crippen molar-refractivity contribution in [1.29, 1.82) is 0 Å². The maximum atomic E-state index is 12.3. The predicted octanol–water partition coefficient (Wildman–Crippen LogP) is 3.40. The zero-order valence-corrected chi connectivity index (χ0v) is 15.6. The van der Waals surface area contributed by atoms with E-state index >= 15 is 0 Å². The standard InChI is InChI=1S/C18H17ClN4O5/c1-10(17(24)22-14-3-2-8-20-16(14)19)28-18(25)11-4-7-13(21-12-5-6-12)15(9-11)23(26)27/h2-4,7-10,12,21H,5-6H2,1H3,(H,22,24)/t10-/m1/s1. The van der Waals surface area contributed by atoms with Crippen LogP contribution in [0.15, 0.2) is 36.5 Å². The van der Waals surface area contributed by atoms with Crippen LogP contribution in [0.1, 0.15) is 30.1 Å². The highest BCUT2D eigenvalue weighted by molar-refractivity contribution is 6.32. The van der Waals surface area contributed by atoms with Crippen molar-refractivity contribution in [3.05, 3.63) is 57.4 Å². The van der Waals surface area contributed by atoms with Gasteiger partial charge in [-0.15, -0.1) is 0 Å². The number of nitrogens with one attached hydrogen (secondary N) is 2. The number of hydrogen-bond donors (Lipinski definition) is 2. The predicted molar refractivity (Wildman–Crippen MR) is 102 cm³/mol. The smallest absolute Gasteiger partial charge is 0.339 e. The molecule has 0 bridgehead atoms. The SMILES string of the molecule is C[C@@H](OC(=O)c1ccc(NC2CC2)c([N+](=O)[O-])c1)C(=O)Nc1cccnc1Cl. The molecular weight excluding hydrogens is 388 g/mol. The van der Waals surface area contributed by atoms with E-state index in [4.69, 9.17) is 16.3 Å². The summed E-state index contributed by atoms with van der Waals surface area (Å²) in [5, 5.41) is 16.9. The largest absolute Gasteiger partial charge is 0.449 e. The summed E-state index contributed by atoms with van der Waals surface area (Å²) in [6, 6.07) is 7.39. The summed E-state index contributed by atoms with van der Waals surface area (Å²) in [4.78, 5) is 39.1. The van der Waals surface area contributed by atoms with E-state index < -0.39 is 22.9 Å². The van der Waals surface area contributed by atoms with Gasteiger partial charge in [0.15, 0.2) is 11.3 Å². The maximum absolute atomic E-state index is 12.3. The number of hydrogen-bond acceptors (Lipinski definition) is 7. The number of anilines is 2. The van der Waals surface area contributed by atoms with Crippen LogP contribution in [-0.2, 0) is 9.53 Å². The Morgan fingerprint density at radius 2 is 2.07 bits per heavy atom. The normalized spacial score (nSPS) is 14.1. The lowest BCUT2D eigenvalue weighted by Gasteiger charge is -2.14. The summed E-state index contributed by atoms with van der Waals surface area (Å²) >= 11 is 5.87. The minimum Gasteiger partial charge on any atom is -0.449 e. The Bertz CT molecular complexity index is 932. The first-order valence-electron chi connectivity index (χ1n) is 8.52. The van der Waals surface area contributed by atoms with Gasteiger partial charge in [0.1, 0.15) is 5.69 Å². The van der Waals surface area contributed by atoms with Gasteiger partial charge in [-0.05, 0) is 44.0 Å². The number of rotatable bonds is 7. The van der Waals surface area contributed by atoms with Gasteiger partial charge in [0.05, 0.1) is 16.2 Å². The second-order valence-electron chi connectivity index (χ2n) is 6.29. The van der Waals surface area contributed by atoms with Crippen molar-refractivity contribution in [2.45, 2.75) is 31.9 Å². The molecule has 0 radical (unpaired) electrons. The van der Waals surface area contributed by atoms with Gasteiger partial charge in [-0.25, -0.2) is 9.78 Å². The van der Waals surface area contributed by atoms with E-state index in [1.165, 1.54) is 25.3 Å². The van der Waals surface area contributed by atoms with Crippen LogP contribution in [-0.4, -0.2) is 33.9 Å². The molecule has 1 heterocycles. The number of ether oxygens (including phenoxy) is 1. The molecule has 2 aromatic rings. The third kappa shape index (κ3) is 4.74. The van der Waals surface area contributed by atoms with Gasteiger partial charge in [0, 0.05) is 18.3 Å². The molecule has 1 aromatic heterocycles. The average molecular weight is 405 g/mol. The molecule has 1 saturated carbocycles. The van der Waals surface area contributed by atoms with Crippen molar-refractivity contribution in [3.63, 3.8) is 0 Å². The fraction of sp³-hybridized carbons (Fsp3) is 0.278. The van der Waals surface area contributed by atoms with Crippen LogP contribution >= 0.6 is 11.6 Å². The topological polar surface area (TPSA) is 123 Å². The van der Waals surface area contributed by atoms with Crippen molar-refractivity contribution in [1.82, 2.24) is 4.98 Å². The molecule has 1 fully saturated rings. The van der Waals surface area contributed by atoms with E-state index in [1.807, 2.05) is 0 Å². The Labute approximate surface area is 165 Å². The average Bonchev–Trinajstić information content (AvgIpc) is 3.47. The highest BCUT2D eigenvalue weighted by atomic mass is 35.5. The van der Waals surface area contributed by atoms with Crippen LogP contribution in [0.5, 0.6) is 0 Å². The summed E-state index contributed by atoms with van der Waals surface area (Å²) in [6.07, 6.45) is 2.23. The van der Waals surface area contributed by atoms with Crippen molar-refractivity contribution >= 4 is 40.5 Å². The Balaban J connectivity index is 1.67. The summed E-state index contributed by atoms with van der Waals surface area (Å²) in [7, 11) is 0. The fourth-order valence-corrected chi connectivity index (χ4v) is 2.54. The van der Waals surface area contributed by atoms with E-state index in [-0.39, 0.29) is 28.1 Å². The van der Waals surface area contributed by atoms with Crippen molar-refractivity contribution in [2.75, 3.05) is 10.6 Å². The lowest BCUT2D eigenvalue weighted by atomic mass is 10.1. The summed E-state index contributed by atoms with van der Waals surface area (Å²) in [6.45, 7) is 1.38. The highest BCUT2D eigenvalue weighted by Gasteiger charge is 2.27. The number of benzene rings is 1. The van der Waals surface area contributed by atoms with Gasteiger partial charge >= 0.3 is 5.97 Å². The quantitative estimate of drug-likeness (QED) is 0.313. The minimum atomic E-state index is -1.15. The number of halogens is 1. The van der Waals surface area contributed by atoms with E-state index in [1.54, 1.807) is 12.1 Å². The first-order valence-corrected chi connectivity index (χ1v) is 8.90. The Hall–Kier alpha value is -3.20. The lowest BCUT2D eigenvalue weighted by molar-refractivity contribution is -0.384. The van der Waals surface area contributed by atoms with Gasteiger partial charge < -0.3 is 15.4 Å². The molecule has 28 heavy (non-hydrogen) atoms. The summed E-state index contributed by atoms with van der Waals surface area (Å²) < 4.78 is 5.12. The molecule has 0 saturated heterocycles. The number of esters is 1. The molecule has 146 valence electrons. The van der Waals surface area contributed by atoms with Crippen LogP contribution in [0.4, 0.5) is 17.1 Å². The van der Waals surface area contributed by atoms with Gasteiger partial charge in [-0.2, -0.15) is 0 Å². The van der Waals surface area contributed by atoms with E-state index in [0.29, 0.717) is 5.69 Å². The Morgan fingerprint density at radius 3 is 2.71 bits per heavy atom. The summed E-state index contributed by atoms with van der Waals surface area (Å²) in [5.74, 6) is -1.45. The Kier molecular flexibility index (Phi) is 5.74. The number of nitro groups is 1. The van der Waals surface area contributed by atoms with Crippen LogP contribution < -0.4 is 10.6 Å². The zero-order chi connectivity index (χ0) is 20.3. The van der Waals surface area contributed by atoms with Crippen molar-refractivity contribution in [2.24, 2.45) is 0 Å². The molecule has 1 aliphatic rings. The van der Waals surface area contributed by atoms with Gasteiger partial charge in [-0.1, -0.05) is 11.6 Å². The molecule has 0 aliphatic heterocycles. The molecule has 0 spiro atoms. The summed E-state index contributed by atoms with van der Waals surface area (Å²) in [5.41, 5.74) is 0.386. The first kappa shape index (κ1) is 19.6. The second kappa shape index (κ2) is 8.22. The number of amides is 1. The van der Waals surface area contributed by atoms with Crippen LogP contribution in [0.3, 0.4) is 0 Å². The molecular formula is C18H17ClN4O5. The molecule has 1 aliphatic carbocycles. The van der Waals surface area contributed by atoms with E-state index in [0.717, 1.165) is 18.9 Å². The van der Waals surface area contributed by atoms with Gasteiger partial charge in [0.2, 0.25) is 0 Å². The molecule has 1 amide bonds. The molecule has 1 aromatic carbocycles. The van der Waals surface area contributed by atoms with Gasteiger partial charge in [0.25, 0.3) is 11.6 Å². The molecule has 3 rings (SSSR count). The maximum Gasteiger partial charge on any atom is 0.339 e. The highest BCUT2D eigenvalue weighted by Crippen LogP contribution is 2.31. The molecule has 2 N–H and O–H groups in total. The number of carbonyl (C=O) groups excluding carboxylic acids is 2. The number of nitro benzene ring substituents is 1. The molecule has 0 unspecified atom stereocenters. The number of carbonyl (C=O) groups is 2. The van der Waals surface area contributed by atoms with Crippen molar-refractivity contribution < 1.29 is 19.2 Å². The van der Waals surface area contributed by atoms with Crippen molar-refractivity contribution in [3.8, 4) is 0 Å². The molecule has 9 nitrogen and oxygen atoms in total. The van der Waals surface area contributed by atoms with E-state index in [2.05, 4.69) is 15.6 Å². The zero-order valence-electron chi connectivity index (χ0n) is 14.8. The second-order valence-corrected chi connectivity index (χ2v) is 6.64. The van der Waals surface area contributed by atoms with Crippen LogP contribution in [0.25, 0.3) is 0 Å². The van der Waals surface area contributed by atoms with Gasteiger partial charge in [-0.3, -0.25) is 14.9 Å². The molecule has 1 atom stereocenters. The van der Waals surface area contributed by atoms with E-state index in [9.17, 15) is 19.7 Å². The minimum absolute atomic E-state index is 0.0212.